The summed E-state index contributed by atoms with van der Waals surface area (Å²) in [6, 6.07) is 6.37. The van der Waals surface area contributed by atoms with Crippen LogP contribution in [0.5, 0.6) is 0 Å². The Balaban J connectivity index is 1.72. The van der Waals surface area contributed by atoms with E-state index in [1.807, 2.05) is 12.3 Å². The second-order valence-electron chi connectivity index (χ2n) is 5.70. The highest BCUT2D eigenvalue weighted by molar-refractivity contribution is 7.14. The molecule has 0 bridgehead atoms. The van der Waals surface area contributed by atoms with E-state index < -0.39 is 0 Å². The second kappa shape index (κ2) is 7.08. The minimum Gasteiger partial charge on any atom is -0.356 e. The Hall–Kier alpha value is -1.95. The number of thiazole rings is 1. The Kier molecular flexibility index (Phi) is 4.91. The molecule has 6 heteroatoms. The molecule has 1 aromatic heterocycles. The molecular weight excluding hydrogens is 313 g/mol. The monoisotopic (exact) mass is 333 g/mol. The van der Waals surface area contributed by atoms with Crippen molar-refractivity contribution in [3.05, 3.63) is 35.5 Å². The smallest absolute Gasteiger partial charge is 0.224 e. The topological polar surface area (TPSA) is 45.2 Å². The van der Waals surface area contributed by atoms with Gasteiger partial charge >= 0.3 is 0 Å². The molecule has 1 aliphatic heterocycles. The number of hydrogen-bond donors (Lipinski definition) is 1. The maximum atomic E-state index is 13.0. The van der Waals surface area contributed by atoms with Crippen LogP contribution in [0.4, 0.5) is 9.52 Å². The van der Waals surface area contributed by atoms with Gasteiger partial charge in [-0.05, 0) is 44.0 Å². The molecule has 2 heterocycles. The lowest BCUT2D eigenvalue weighted by Crippen LogP contribution is -2.43. The number of benzene rings is 1. The minimum absolute atomic E-state index is 0.0295. The number of aromatic nitrogens is 1. The Bertz CT molecular complexity index is 671. The van der Waals surface area contributed by atoms with Gasteiger partial charge in [-0.25, -0.2) is 9.37 Å². The van der Waals surface area contributed by atoms with E-state index in [9.17, 15) is 9.18 Å². The number of amides is 1. The summed E-state index contributed by atoms with van der Waals surface area (Å²) in [4.78, 5) is 18.9. The first-order valence-corrected chi connectivity index (χ1v) is 8.79. The van der Waals surface area contributed by atoms with Crippen molar-refractivity contribution in [1.82, 2.24) is 10.3 Å². The summed E-state index contributed by atoms with van der Waals surface area (Å²) in [6.07, 6.45) is 1.92. The van der Waals surface area contributed by atoms with Crippen LogP contribution in [0.3, 0.4) is 0 Å². The summed E-state index contributed by atoms with van der Waals surface area (Å²) in [7, 11) is 0. The van der Waals surface area contributed by atoms with Crippen molar-refractivity contribution < 1.29 is 9.18 Å². The lowest BCUT2D eigenvalue weighted by Gasteiger charge is -2.31. The molecule has 1 unspecified atom stereocenters. The van der Waals surface area contributed by atoms with E-state index >= 15 is 0 Å². The van der Waals surface area contributed by atoms with Crippen molar-refractivity contribution in [2.75, 3.05) is 24.5 Å². The van der Waals surface area contributed by atoms with Crippen molar-refractivity contribution in [2.45, 2.75) is 19.8 Å². The van der Waals surface area contributed by atoms with E-state index in [1.54, 1.807) is 23.5 Å². The predicted octanol–water partition coefficient (Wildman–Crippen LogP) is 3.30. The number of nitrogens with one attached hydrogen (secondary N) is 1. The minimum atomic E-state index is -0.245. The third kappa shape index (κ3) is 3.69. The Morgan fingerprint density at radius 2 is 2.22 bits per heavy atom. The molecule has 1 amide bonds. The highest BCUT2D eigenvalue weighted by atomic mass is 32.1. The van der Waals surface area contributed by atoms with Gasteiger partial charge in [0.05, 0.1) is 11.6 Å². The normalized spacial score (nSPS) is 18.0. The molecule has 0 aliphatic carbocycles. The average molecular weight is 333 g/mol. The number of halogens is 1. The molecular formula is C17H20FN3OS. The van der Waals surface area contributed by atoms with Gasteiger partial charge in [0, 0.05) is 30.6 Å². The van der Waals surface area contributed by atoms with Crippen LogP contribution in [0, 0.1) is 11.7 Å². The van der Waals surface area contributed by atoms with E-state index in [4.69, 9.17) is 0 Å². The molecule has 0 saturated carbocycles. The summed E-state index contributed by atoms with van der Waals surface area (Å²) in [5, 5.41) is 5.82. The zero-order chi connectivity index (χ0) is 16.2. The van der Waals surface area contributed by atoms with Crippen LogP contribution in [-0.4, -0.2) is 30.5 Å². The van der Waals surface area contributed by atoms with Gasteiger partial charge in [-0.15, -0.1) is 11.3 Å². The number of carbonyl (C=O) groups is 1. The van der Waals surface area contributed by atoms with Crippen LogP contribution in [0.15, 0.2) is 29.6 Å². The highest BCUT2D eigenvalue weighted by Gasteiger charge is 2.26. The van der Waals surface area contributed by atoms with Gasteiger partial charge in [0.25, 0.3) is 0 Å². The molecule has 1 saturated heterocycles. The molecule has 2 aromatic rings. The summed E-state index contributed by atoms with van der Waals surface area (Å²) < 4.78 is 13.0. The van der Waals surface area contributed by atoms with Crippen molar-refractivity contribution in [1.29, 1.82) is 0 Å². The number of nitrogens with zero attached hydrogens (tertiary/aromatic N) is 2. The van der Waals surface area contributed by atoms with Gasteiger partial charge in [0.15, 0.2) is 5.13 Å². The summed E-state index contributed by atoms with van der Waals surface area (Å²) in [6.45, 7) is 4.24. The SMILES string of the molecule is CCNC(=O)C1CCCN(c2nc(-c3ccc(F)cc3)cs2)C1. The summed E-state index contributed by atoms with van der Waals surface area (Å²) >= 11 is 1.57. The van der Waals surface area contributed by atoms with E-state index in [2.05, 4.69) is 15.2 Å². The fourth-order valence-corrected chi connectivity index (χ4v) is 3.72. The summed E-state index contributed by atoms with van der Waals surface area (Å²) in [5.41, 5.74) is 1.76. The molecule has 3 rings (SSSR count). The summed E-state index contributed by atoms with van der Waals surface area (Å²) in [5.74, 6) is -0.0839. The molecule has 0 spiro atoms. The predicted molar refractivity (Wildman–Crippen MR) is 91.1 cm³/mol. The lowest BCUT2D eigenvalue weighted by atomic mass is 9.97. The van der Waals surface area contributed by atoms with Gasteiger partial charge in [-0.3, -0.25) is 4.79 Å². The number of anilines is 1. The van der Waals surface area contributed by atoms with E-state index in [1.165, 1.54) is 12.1 Å². The van der Waals surface area contributed by atoms with Crippen LogP contribution in [-0.2, 0) is 4.79 Å². The van der Waals surface area contributed by atoms with Gasteiger partial charge in [-0.2, -0.15) is 0 Å². The maximum absolute atomic E-state index is 13.0. The second-order valence-corrected chi connectivity index (χ2v) is 6.54. The Labute approximate surface area is 139 Å². The molecule has 0 radical (unpaired) electrons. The first-order chi connectivity index (χ1) is 11.2. The van der Waals surface area contributed by atoms with Gasteiger partial charge in [-0.1, -0.05) is 0 Å². The Morgan fingerprint density at radius 1 is 1.43 bits per heavy atom. The van der Waals surface area contributed by atoms with Crippen LogP contribution in [0.2, 0.25) is 0 Å². The van der Waals surface area contributed by atoms with Crippen molar-refractivity contribution in [3.8, 4) is 11.3 Å². The molecule has 1 aromatic carbocycles. The molecule has 1 atom stereocenters. The Morgan fingerprint density at radius 3 is 2.96 bits per heavy atom. The van der Waals surface area contributed by atoms with Gasteiger partial charge in [0.1, 0.15) is 5.82 Å². The zero-order valence-electron chi connectivity index (χ0n) is 13.1. The van der Waals surface area contributed by atoms with Crippen molar-refractivity contribution >= 4 is 22.4 Å². The molecule has 1 fully saturated rings. The standard InChI is InChI=1S/C17H20FN3OS/c1-2-19-16(22)13-4-3-9-21(10-13)17-20-15(11-23-17)12-5-7-14(18)8-6-12/h5-8,11,13H,2-4,9-10H2,1H3,(H,19,22). The number of rotatable bonds is 4. The molecule has 122 valence electrons. The van der Waals surface area contributed by atoms with Gasteiger partial charge < -0.3 is 10.2 Å². The van der Waals surface area contributed by atoms with Crippen molar-refractivity contribution in [2.24, 2.45) is 5.92 Å². The van der Waals surface area contributed by atoms with E-state index in [0.717, 1.165) is 35.8 Å². The maximum Gasteiger partial charge on any atom is 0.224 e. The molecule has 1 aliphatic rings. The largest absolute Gasteiger partial charge is 0.356 e. The fourth-order valence-electron chi connectivity index (χ4n) is 2.85. The van der Waals surface area contributed by atoms with Gasteiger partial charge in [0.2, 0.25) is 5.91 Å². The number of hydrogen-bond acceptors (Lipinski definition) is 4. The van der Waals surface area contributed by atoms with E-state index in [-0.39, 0.29) is 17.6 Å². The fraction of sp³-hybridized carbons (Fsp3) is 0.412. The lowest BCUT2D eigenvalue weighted by molar-refractivity contribution is -0.125. The van der Waals surface area contributed by atoms with E-state index in [0.29, 0.717) is 13.1 Å². The number of piperidine rings is 1. The van der Waals surface area contributed by atoms with Crippen LogP contribution < -0.4 is 10.2 Å². The zero-order valence-corrected chi connectivity index (χ0v) is 13.9. The van der Waals surface area contributed by atoms with Crippen LogP contribution in [0.25, 0.3) is 11.3 Å². The quantitative estimate of drug-likeness (QED) is 0.934. The molecule has 1 N–H and O–H groups in total. The van der Waals surface area contributed by atoms with Crippen LogP contribution in [0.1, 0.15) is 19.8 Å². The van der Waals surface area contributed by atoms with Crippen LogP contribution >= 0.6 is 11.3 Å². The first kappa shape index (κ1) is 15.9. The molecule has 23 heavy (non-hydrogen) atoms. The highest BCUT2D eigenvalue weighted by Crippen LogP contribution is 2.30. The number of carbonyl (C=O) groups excluding carboxylic acids is 1. The average Bonchev–Trinajstić information content (AvgIpc) is 3.06. The van der Waals surface area contributed by atoms with Crippen molar-refractivity contribution in [3.63, 3.8) is 0 Å². The molecule has 4 nitrogen and oxygen atoms in total. The third-order valence-corrected chi connectivity index (χ3v) is 4.95. The third-order valence-electron chi connectivity index (χ3n) is 4.05. The first-order valence-electron chi connectivity index (χ1n) is 7.91.